The van der Waals surface area contributed by atoms with Crippen LogP contribution in [-0.4, -0.2) is 35.1 Å². The van der Waals surface area contributed by atoms with E-state index in [4.69, 9.17) is 16.7 Å². The zero-order valence-corrected chi connectivity index (χ0v) is 20.2. The first-order chi connectivity index (χ1) is 15.5. The summed E-state index contributed by atoms with van der Waals surface area (Å²) < 4.78 is 52.5. The van der Waals surface area contributed by atoms with E-state index in [1.807, 2.05) is 4.90 Å². The number of hydrogen-bond donors (Lipinski definition) is 2. The van der Waals surface area contributed by atoms with Crippen molar-refractivity contribution in [2.45, 2.75) is 48.4 Å². The van der Waals surface area contributed by atoms with Crippen molar-refractivity contribution in [2.75, 3.05) is 11.4 Å². The average molecular weight is 511 g/mol. The summed E-state index contributed by atoms with van der Waals surface area (Å²) in [6.07, 6.45) is 3.32. The van der Waals surface area contributed by atoms with Gasteiger partial charge in [-0.15, -0.1) is 4.40 Å². The predicted molar refractivity (Wildman–Crippen MR) is 126 cm³/mol. The summed E-state index contributed by atoms with van der Waals surface area (Å²) in [5, 5.41) is 8.00. The number of halogens is 1. The Bertz CT molecular complexity index is 1360. The maximum absolute atomic E-state index is 13.0. The number of primary sulfonamides is 1. The van der Waals surface area contributed by atoms with Gasteiger partial charge in [0.2, 0.25) is 10.0 Å². The number of benzene rings is 2. The second-order valence-electron chi connectivity index (χ2n) is 8.05. The molecule has 2 heterocycles. The first kappa shape index (κ1) is 23.7. The van der Waals surface area contributed by atoms with E-state index in [1.165, 1.54) is 24.3 Å². The molecule has 2 aromatic rings. The molecule has 12 heteroatoms. The Balaban J connectivity index is 1.63. The van der Waals surface area contributed by atoms with Gasteiger partial charge in [0.15, 0.2) is 0 Å². The van der Waals surface area contributed by atoms with E-state index >= 15 is 0 Å². The van der Waals surface area contributed by atoms with Crippen molar-refractivity contribution in [3.05, 3.63) is 52.5 Å². The molecule has 1 fully saturated rings. The molecule has 9 nitrogen and oxygen atoms in total. The number of sulfonamides is 2. The van der Waals surface area contributed by atoms with E-state index in [0.29, 0.717) is 30.1 Å². The van der Waals surface area contributed by atoms with Gasteiger partial charge in [-0.05, 0) is 49.6 Å². The fraction of sp³-hybridized carbons (Fsp3) is 0.333. The number of rotatable bonds is 4. The van der Waals surface area contributed by atoms with Gasteiger partial charge >= 0.3 is 0 Å². The Hall–Kier alpha value is -2.47. The summed E-state index contributed by atoms with van der Waals surface area (Å²) in [5.74, 6) is -0.0588. The number of amides is 1. The molecule has 3 N–H and O–H groups in total. The summed E-state index contributed by atoms with van der Waals surface area (Å²) in [4.78, 5) is 14.7. The maximum Gasteiger partial charge on any atom is 0.286 e. The molecule has 2 aliphatic rings. The van der Waals surface area contributed by atoms with Crippen molar-refractivity contribution in [1.82, 2.24) is 5.32 Å². The van der Waals surface area contributed by atoms with Gasteiger partial charge in [-0.25, -0.2) is 13.6 Å². The molecule has 0 aromatic heterocycles. The van der Waals surface area contributed by atoms with Crippen LogP contribution in [0.3, 0.4) is 0 Å². The van der Waals surface area contributed by atoms with E-state index in [9.17, 15) is 21.6 Å². The van der Waals surface area contributed by atoms with Gasteiger partial charge in [0.1, 0.15) is 10.7 Å². The van der Waals surface area contributed by atoms with Gasteiger partial charge < -0.3 is 10.2 Å². The minimum Gasteiger partial charge on any atom is -0.345 e. The molecule has 0 aliphatic carbocycles. The lowest BCUT2D eigenvalue weighted by Gasteiger charge is -2.30. The molecule has 2 aromatic carbocycles. The number of hydrogen-bond acceptors (Lipinski definition) is 6. The van der Waals surface area contributed by atoms with Gasteiger partial charge in [0, 0.05) is 13.0 Å². The highest BCUT2D eigenvalue weighted by Gasteiger charge is 2.33. The third-order valence-electron chi connectivity index (χ3n) is 5.74. The van der Waals surface area contributed by atoms with Gasteiger partial charge in [-0.1, -0.05) is 30.2 Å². The maximum atomic E-state index is 13.0. The molecular weight excluding hydrogens is 488 g/mol. The molecule has 1 saturated heterocycles. The molecule has 0 radical (unpaired) electrons. The summed E-state index contributed by atoms with van der Waals surface area (Å²) in [6, 6.07) is 8.05. The Labute approximate surface area is 197 Å². The first-order valence-electron chi connectivity index (χ1n) is 10.4. The number of nitrogens with zero attached hydrogens (tertiary/aromatic N) is 2. The molecule has 1 atom stereocenters. The lowest BCUT2D eigenvalue weighted by Crippen LogP contribution is -2.35. The highest BCUT2D eigenvalue weighted by molar-refractivity contribution is 7.90. The van der Waals surface area contributed by atoms with Crippen molar-refractivity contribution in [2.24, 2.45) is 9.54 Å². The Morgan fingerprint density at radius 2 is 1.88 bits per heavy atom. The third kappa shape index (κ3) is 4.77. The van der Waals surface area contributed by atoms with Crippen LogP contribution >= 0.6 is 11.6 Å². The molecule has 33 heavy (non-hydrogen) atoms. The van der Waals surface area contributed by atoms with Crippen LogP contribution in [0.1, 0.15) is 54.6 Å². The van der Waals surface area contributed by atoms with Crippen LogP contribution in [0.25, 0.3) is 0 Å². The van der Waals surface area contributed by atoms with Crippen LogP contribution in [0.5, 0.6) is 0 Å². The summed E-state index contributed by atoms with van der Waals surface area (Å²) >= 11 is 6.42. The second kappa shape index (κ2) is 8.71. The molecule has 0 unspecified atom stereocenters. The highest BCUT2D eigenvalue weighted by atomic mass is 35.5. The van der Waals surface area contributed by atoms with Crippen LogP contribution in [0.15, 0.2) is 50.6 Å². The zero-order valence-electron chi connectivity index (χ0n) is 17.8. The summed E-state index contributed by atoms with van der Waals surface area (Å²) in [5.41, 5.74) is 1.09. The second-order valence-corrected chi connectivity index (χ2v) is 11.6. The molecule has 176 valence electrons. The topological polar surface area (TPSA) is 139 Å². The Kier molecular flexibility index (Phi) is 6.25. The Morgan fingerprint density at radius 1 is 1.18 bits per heavy atom. The minimum atomic E-state index is -3.96. The van der Waals surface area contributed by atoms with Crippen molar-refractivity contribution in [3.8, 4) is 0 Å². The molecule has 4 rings (SSSR count). The molecule has 0 saturated carbocycles. The zero-order chi connectivity index (χ0) is 24.0. The largest absolute Gasteiger partial charge is 0.345 e. The number of carbonyl (C=O) groups is 1. The highest BCUT2D eigenvalue weighted by Crippen LogP contribution is 2.38. The number of amidine groups is 1. The van der Waals surface area contributed by atoms with Crippen LogP contribution in [-0.2, 0) is 20.0 Å². The van der Waals surface area contributed by atoms with Gasteiger partial charge in [0.05, 0.1) is 27.2 Å². The lowest BCUT2D eigenvalue weighted by atomic mass is 10.1. The van der Waals surface area contributed by atoms with Gasteiger partial charge in [0.25, 0.3) is 15.9 Å². The van der Waals surface area contributed by atoms with Crippen molar-refractivity contribution in [1.29, 1.82) is 0 Å². The van der Waals surface area contributed by atoms with E-state index in [1.54, 1.807) is 19.1 Å². The van der Waals surface area contributed by atoms with E-state index < -0.39 is 32.0 Å². The van der Waals surface area contributed by atoms with Crippen LogP contribution in [0.2, 0.25) is 5.02 Å². The molecule has 0 spiro atoms. The first-order valence-corrected chi connectivity index (χ1v) is 13.7. The SMILES string of the molecule is C[C@@H](NC(=O)c1cc2c(cc1Cl)N1CCCCCC1=NS2(=O)=O)c1ccc(S(N)(=O)=O)cc1. The lowest BCUT2D eigenvalue weighted by molar-refractivity contribution is 0.0940. The average Bonchev–Trinajstić information content (AvgIpc) is 2.97. The molecule has 0 bridgehead atoms. The smallest absolute Gasteiger partial charge is 0.286 e. The van der Waals surface area contributed by atoms with Crippen molar-refractivity contribution in [3.63, 3.8) is 0 Å². The predicted octanol–water partition coefficient (Wildman–Crippen LogP) is 2.96. The van der Waals surface area contributed by atoms with Crippen LogP contribution in [0, 0.1) is 0 Å². The quantitative estimate of drug-likeness (QED) is 0.648. The van der Waals surface area contributed by atoms with Gasteiger partial charge in [-0.3, -0.25) is 4.79 Å². The van der Waals surface area contributed by atoms with Gasteiger partial charge in [-0.2, -0.15) is 8.42 Å². The number of nitrogens with two attached hydrogens (primary N) is 1. The van der Waals surface area contributed by atoms with Crippen LogP contribution in [0.4, 0.5) is 5.69 Å². The van der Waals surface area contributed by atoms with Crippen LogP contribution < -0.4 is 15.4 Å². The summed E-state index contributed by atoms with van der Waals surface area (Å²) in [7, 11) is -7.79. The summed E-state index contributed by atoms with van der Waals surface area (Å²) in [6.45, 7) is 2.34. The third-order valence-corrected chi connectivity index (χ3v) is 8.31. The van der Waals surface area contributed by atoms with E-state index in [0.717, 1.165) is 19.3 Å². The molecule has 1 amide bonds. The monoisotopic (exact) mass is 510 g/mol. The van der Waals surface area contributed by atoms with E-state index in [2.05, 4.69) is 9.71 Å². The fourth-order valence-corrected chi connectivity index (χ4v) is 6.00. The number of nitrogens with one attached hydrogen (secondary N) is 1. The van der Waals surface area contributed by atoms with E-state index in [-0.39, 0.29) is 20.4 Å². The Morgan fingerprint density at radius 3 is 2.55 bits per heavy atom. The number of carbonyl (C=O) groups excluding carboxylic acids is 1. The molecule has 2 aliphatic heterocycles. The van der Waals surface area contributed by atoms with Crippen molar-refractivity contribution >= 4 is 49.1 Å². The normalized spacial score (nSPS) is 18.4. The minimum absolute atomic E-state index is 0.0143. The van der Waals surface area contributed by atoms with Crippen molar-refractivity contribution < 1.29 is 21.6 Å². The molecular formula is C21H23ClN4O5S2. The number of anilines is 1. The standard InChI is InChI=1S/C21H23ClN4O5S2/c1-13(14-6-8-15(9-7-14)32(23,28)29)24-21(27)16-11-19-18(12-17(16)22)26-10-4-2-3-5-20(26)25-33(19,30)31/h6-9,11-13H,2-5,10H2,1H3,(H,24,27)(H2,23,28,29)/t13-/m1/s1. The fourth-order valence-electron chi connectivity index (χ4n) is 3.97. The number of fused-ring (bicyclic) bond motifs is 3.